The molecule has 1 aliphatic heterocycles. The van der Waals surface area contributed by atoms with Gasteiger partial charge in [-0.2, -0.15) is 5.26 Å². The van der Waals surface area contributed by atoms with Gasteiger partial charge in [0.25, 0.3) is 11.1 Å². The standard InChI is InChI=1S/C25H18N2O4S/c1-30-22-13-17(11-12-21(22)31-16-19-8-6-5-7-18(19)15-26)14-23-24(28)27(25(29)32-23)20-9-3-2-4-10-20/h2-14H,16H2,1H3. The van der Waals surface area contributed by atoms with Gasteiger partial charge in [-0.05, 0) is 53.7 Å². The molecule has 3 aromatic rings. The van der Waals surface area contributed by atoms with E-state index >= 15 is 0 Å². The van der Waals surface area contributed by atoms with Crippen molar-refractivity contribution < 1.29 is 19.1 Å². The maximum atomic E-state index is 12.8. The number of para-hydroxylation sites is 1. The van der Waals surface area contributed by atoms with Crippen LogP contribution in [0.2, 0.25) is 0 Å². The van der Waals surface area contributed by atoms with Gasteiger partial charge in [0.1, 0.15) is 6.61 Å². The van der Waals surface area contributed by atoms with Gasteiger partial charge in [-0.1, -0.05) is 42.5 Å². The highest BCUT2D eigenvalue weighted by Gasteiger charge is 2.36. The number of anilines is 1. The molecule has 32 heavy (non-hydrogen) atoms. The van der Waals surface area contributed by atoms with E-state index in [1.165, 1.54) is 7.11 Å². The molecule has 0 atom stereocenters. The molecule has 0 radical (unpaired) electrons. The van der Waals surface area contributed by atoms with Crippen LogP contribution < -0.4 is 14.4 Å². The number of thioether (sulfide) groups is 1. The SMILES string of the molecule is COc1cc(C=C2SC(=O)N(c3ccccc3)C2=O)ccc1OCc1ccccc1C#N. The van der Waals surface area contributed by atoms with Crippen molar-refractivity contribution in [1.82, 2.24) is 0 Å². The van der Waals surface area contributed by atoms with Crippen LogP contribution in [0.3, 0.4) is 0 Å². The molecule has 1 fully saturated rings. The van der Waals surface area contributed by atoms with Gasteiger partial charge in [-0.25, -0.2) is 4.90 Å². The first-order valence-electron chi connectivity index (χ1n) is 9.72. The van der Waals surface area contributed by atoms with Crippen molar-refractivity contribution >= 4 is 34.7 Å². The number of ether oxygens (including phenoxy) is 2. The van der Waals surface area contributed by atoms with E-state index < -0.39 is 0 Å². The fraction of sp³-hybridized carbons (Fsp3) is 0.0800. The molecular formula is C25H18N2O4S. The second-order valence-corrected chi connectivity index (χ2v) is 7.81. The number of methoxy groups -OCH3 is 1. The molecule has 1 saturated heterocycles. The Bertz CT molecular complexity index is 1250. The van der Waals surface area contributed by atoms with Crippen LogP contribution in [0.1, 0.15) is 16.7 Å². The first-order chi connectivity index (χ1) is 15.6. The largest absolute Gasteiger partial charge is 0.493 e. The van der Waals surface area contributed by atoms with Gasteiger partial charge in [0, 0.05) is 5.56 Å². The number of rotatable bonds is 6. The summed E-state index contributed by atoms with van der Waals surface area (Å²) in [5.41, 5.74) is 2.57. The minimum Gasteiger partial charge on any atom is -0.493 e. The monoisotopic (exact) mass is 442 g/mol. The van der Waals surface area contributed by atoms with E-state index in [9.17, 15) is 14.9 Å². The molecule has 6 nitrogen and oxygen atoms in total. The van der Waals surface area contributed by atoms with Crippen LogP contribution in [0.4, 0.5) is 10.5 Å². The number of hydrogen-bond acceptors (Lipinski definition) is 6. The molecule has 158 valence electrons. The fourth-order valence-electron chi connectivity index (χ4n) is 3.22. The summed E-state index contributed by atoms with van der Waals surface area (Å²) in [5, 5.41) is 8.89. The van der Waals surface area contributed by atoms with Crippen molar-refractivity contribution in [2.45, 2.75) is 6.61 Å². The highest BCUT2D eigenvalue weighted by Crippen LogP contribution is 2.37. The van der Waals surface area contributed by atoms with Crippen molar-refractivity contribution in [1.29, 1.82) is 5.26 Å². The zero-order valence-electron chi connectivity index (χ0n) is 17.1. The van der Waals surface area contributed by atoms with Crippen LogP contribution >= 0.6 is 11.8 Å². The Kier molecular flexibility index (Phi) is 6.24. The highest BCUT2D eigenvalue weighted by atomic mass is 32.2. The van der Waals surface area contributed by atoms with Gasteiger partial charge >= 0.3 is 0 Å². The van der Waals surface area contributed by atoms with Gasteiger partial charge in [0.15, 0.2) is 11.5 Å². The number of nitriles is 1. The lowest BCUT2D eigenvalue weighted by Crippen LogP contribution is -2.27. The third-order valence-corrected chi connectivity index (χ3v) is 5.68. The predicted octanol–water partition coefficient (Wildman–Crippen LogP) is 5.39. The number of nitrogens with zero attached hydrogens (tertiary/aromatic N) is 2. The number of benzene rings is 3. The minimum absolute atomic E-state index is 0.218. The fourth-order valence-corrected chi connectivity index (χ4v) is 4.06. The molecule has 4 rings (SSSR count). The number of carbonyl (C=O) groups is 2. The highest BCUT2D eigenvalue weighted by molar-refractivity contribution is 8.19. The van der Waals surface area contributed by atoms with E-state index in [1.54, 1.807) is 60.7 Å². The van der Waals surface area contributed by atoms with Crippen molar-refractivity contribution in [3.63, 3.8) is 0 Å². The number of amides is 2. The summed E-state index contributed by atoms with van der Waals surface area (Å²) in [6.07, 6.45) is 1.66. The second kappa shape index (κ2) is 9.41. The number of imide groups is 1. The summed E-state index contributed by atoms with van der Waals surface area (Å²) >= 11 is 0.897. The number of carbonyl (C=O) groups excluding carboxylic acids is 2. The Balaban J connectivity index is 1.54. The van der Waals surface area contributed by atoms with E-state index in [-0.39, 0.29) is 17.8 Å². The molecule has 2 amide bonds. The van der Waals surface area contributed by atoms with Crippen molar-refractivity contribution in [3.05, 3.63) is 94.4 Å². The molecule has 3 aromatic carbocycles. The number of hydrogen-bond donors (Lipinski definition) is 0. The summed E-state index contributed by atoms with van der Waals surface area (Å²) in [5.74, 6) is 0.629. The molecule has 1 heterocycles. The van der Waals surface area contributed by atoms with Crippen LogP contribution in [-0.2, 0) is 11.4 Å². The second-order valence-electron chi connectivity index (χ2n) is 6.82. The first kappa shape index (κ1) is 21.2. The van der Waals surface area contributed by atoms with E-state index in [1.807, 2.05) is 18.2 Å². The van der Waals surface area contributed by atoms with E-state index in [0.717, 1.165) is 22.2 Å². The van der Waals surface area contributed by atoms with Crippen LogP contribution in [0.15, 0.2) is 77.7 Å². The summed E-state index contributed by atoms with van der Waals surface area (Å²) < 4.78 is 11.3. The minimum atomic E-state index is -0.362. The Hall–Kier alpha value is -4.02. The lowest BCUT2D eigenvalue weighted by molar-refractivity contribution is -0.113. The van der Waals surface area contributed by atoms with Crippen LogP contribution in [-0.4, -0.2) is 18.3 Å². The lowest BCUT2D eigenvalue weighted by atomic mass is 10.1. The Labute approximate surface area is 189 Å². The zero-order chi connectivity index (χ0) is 22.5. The Morgan fingerprint density at radius 3 is 2.50 bits per heavy atom. The van der Waals surface area contributed by atoms with Gasteiger partial charge in [-0.3, -0.25) is 9.59 Å². The molecule has 0 aromatic heterocycles. The molecule has 0 N–H and O–H groups in total. The average Bonchev–Trinajstić information content (AvgIpc) is 3.11. The molecule has 0 unspecified atom stereocenters. The van der Waals surface area contributed by atoms with E-state index in [4.69, 9.17) is 9.47 Å². The summed E-state index contributed by atoms with van der Waals surface area (Å²) in [6, 6.07) is 23.5. The van der Waals surface area contributed by atoms with Crippen molar-refractivity contribution in [2.24, 2.45) is 0 Å². The van der Waals surface area contributed by atoms with Gasteiger partial charge in [0.05, 0.1) is 29.3 Å². The average molecular weight is 442 g/mol. The first-order valence-corrected chi connectivity index (χ1v) is 10.5. The molecular weight excluding hydrogens is 424 g/mol. The van der Waals surface area contributed by atoms with Gasteiger partial charge in [0.2, 0.25) is 0 Å². The summed E-state index contributed by atoms with van der Waals surface area (Å²) in [4.78, 5) is 26.7. The van der Waals surface area contributed by atoms with E-state index in [0.29, 0.717) is 33.2 Å². The topological polar surface area (TPSA) is 79.6 Å². The maximum Gasteiger partial charge on any atom is 0.298 e. The van der Waals surface area contributed by atoms with Crippen LogP contribution in [0.5, 0.6) is 11.5 Å². The van der Waals surface area contributed by atoms with Crippen LogP contribution in [0, 0.1) is 11.3 Å². The molecule has 0 saturated carbocycles. The lowest BCUT2D eigenvalue weighted by Gasteiger charge is -2.12. The smallest absolute Gasteiger partial charge is 0.298 e. The van der Waals surface area contributed by atoms with Crippen molar-refractivity contribution in [2.75, 3.05) is 12.0 Å². The summed E-state index contributed by atoms with van der Waals surface area (Å²) in [7, 11) is 1.53. The van der Waals surface area contributed by atoms with Gasteiger partial charge in [-0.15, -0.1) is 0 Å². The molecule has 0 bridgehead atoms. The van der Waals surface area contributed by atoms with Gasteiger partial charge < -0.3 is 9.47 Å². The van der Waals surface area contributed by atoms with Crippen molar-refractivity contribution in [3.8, 4) is 17.6 Å². The molecule has 1 aliphatic rings. The molecule has 7 heteroatoms. The third-order valence-electron chi connectivity index (χ3n) is 4.81. The molecule has 0 aliphatic carbocycles. The maximum absolute atomic E-state index is 12.8. The molecule has 0 spiro atoms. The zero-order valence-corrected chi connectivity index (χ0v) is 18.0. The van der Waals surface area contributed by atoms with E-state index in [2.05, 4.69) is 6.07 Å². The quantitative estimate of drug-likeness (QED) is 0.477. The third kappa shape index (κ3) is 4.36. The predicted molar refractivity (Wildman–Crippen MR) is 123 cm³/mol. The summed E-state index contributed by atoms with van der Waals surface area (Å²) in [6.45, 7) is 0.218. The van der Waals surface area contributed by atoms with Crippen LogP contribution in [0.25, 0.3) is 6.08 Å². The Morgan fingerprint density at radius 1 is 1.00 bits per heavy atom. The normalized spacial score (nSPS) is 14.5. The Morgan fingerprint density at radius 2 is 1.75 bits per heavy atom.